The number of pyridine rings is 1. The molecule has 0 radical (unpaired) electrons. The fourth-order valence-corrected chi connectivity index (χ4v) is 2.55. The van der Waals surface area contributed by atoms with Crippen LogP contribution in [0.1, 0.15) is 24.8 Å². The van der Waals surface area contributed by atoms with Crippen molar-refractivity contribution < 1.29 is 4.74 Å². The minimum Gasteiger partial charge on any atom is -0.488 e. The molecule has 4 nitrogen and oxygen atoms in total. The van der Waals surface area contributed by atoms with Gasteiger partial charge in [-0.3, -0.25) is 0 Å². The summed E-state index contributed by atoms with van der Waals surface area (Å²) in [6.45, 7) is 4.76. The van der Waals surface area contributed by atoms with Crippen LogP contribution in [0.4, 0.5) is 5.82 Å². The number of anilines is 1. The van der Waals surface area contributed by atoms with Crippen molar-refractivity contribution in [2.45, 2.75) is 25.8 Å². The average molecular weight is 233 g/mol. The lowest BCUT2D eigenvalue weighted by molar-refractivity contribution is 0.324. The van der Waals surface area contributed by atoms with E-state index in [4.69, 9.17) is 4.74 Å². The monoisotopic (exact) mass is 233 g/mol. The van der Waals surface area contributed by atoms with Gasteiger partial charge in [0.1, 0.15) is 6.61 Å². The molecule has 2 aliphatic heterocycles. The number of piperidine rings is 1. The van der Waals surface area contributed by atoms with Gasteiger partial charge in [0.15, 0.2) is 11.6 Å². The second-order valence-corrected chi connectivity index (χ2v) is 4.70. The van der Waals surface area contributed by atoms with Gasteiger partial charge in [0.05, 0.1) is 0 Å². The fourth-order valence-electron chi connectivity index (χ4n) is 2.55. The summed E-state index contributed by atoms with van der Waals surface area (Å²) in [6.07, 6.45) is 5.78. The van der Waals surface area contributed by atoms with Crippen molar-refractivity contribution in [1.82, 2.24) is 10.3 Å². The molecule has 0 atom stereocenters. The van der Waals surface area contributed by atoms with E-state index in [9.17, 15) is 0 Å². The Morgan fingerprint density at radius 1 is 1.24 bits per heavy atom. The normalized spacial score (nSPS) is 20.4. The summed E-state index contributed by atoms with van der Waals surface area (Å²) in [5.74, 6) is 2.05. The van der Waals surface area contributed by atoms with Gasteiger partial charge in [-0.1, -0.05) is 0 Å². The summed E-state index contributed by atoms with van der Waals surface area (Å²) in [6, 6.07) is 2.06. The van der Waals surface area contributed by atoms with Crippen LogP contribution >= 0.6 is 0 Å². The van der Waals surface area contributed by atoms with Crippen LogP contribution in [0.2, 0.25) is 0 Å². The standard InChI is InChI=1S/C13H19N3O/c1-2-7-16(8-3-1)13-12-11(4-5-15-13)10-14-6-9-17-12/h4-5,14H,1-3,6-10H2. The molecule has 4 heteroatoms. The highest BCUT2D eigenvalue weighted by atomic mass is 16.5. The first-order valence-corrected chi connectivity index (χ1v) is 6.51. The van der Waals surface area contributed by atoms with Crippen LogP contribution in [0.5, 0.6) is 5.75 Å². The summed E-state index contributed by atoms with van der Waals surface area (Å²) >= 11 is 0. The molecule has 0 unspecified atom stereocenters. The van der Waals surface area contributed by atoms with E-state index < -0.39 is 0 Å². The molecule has 0 bridgehead atoms. The molecule has 0 saturated carbocycles. The smallest absolute Gasteiger partial charge is 0.171 e. The number of fused-ring (bicyclic) bond motifs is 1. The Morgan fingerprint density at radius 2 is 2.12 bits per heavy atom. The Morgan fingerprint density at radius 3 is 3.00 bits per heavy atom. The molecule has 2 aliphatic rings. The SMILES string of the molecule is c1cc2c(c(N3CCCCC3)n1)OCCNC2. The maximum atomic E-state index is 5.87. The van der Waals surface area contributed by atoms with Crippen LogP contribution in [0.15, 0.2) is 12.3 Å². The summed E-state index contributed by atoms with van der Waals surface area (Å²) < 4.78 is 5.87. The maximum Gasteiger partial charge on any atom is 0.171 e. The van der Waals surface area contributed by atoms with Crippen LogP contribution in [-0.4, -0.2) is 31.2 Å². The van der Waals surface area contributed by atoms with E-state index in [1.165, 1.54) is 24.8 Å². The predicted molar refractivity (Wildman–Crippen MR) is 67.5 cm³/mol. The van der Waals surface area contributed by atoms with Crippen molar-refractivity contribution >= 4 is 5.82 Å². The lowest BCUT2D eigenvalue weighted by atomic mass is 10.1. The first-order chi connectivity index (χ1) is 8.45. The molecular weight excluding hydrogens is 214 g/mol. The highest BCUT2D eigenvalue weighted by Gasteiger charge is 2.20. The molecule has 92 valence electrons. The van der Waals surface area contributed by atoms with Gasteiger partial charge < -0.3 is 15.0 Å². The van der Waals surface area contributed by atoms with Gasteiger partial charge in [-0.15, -0.1) is 0 Å². The van der Waals surface area contributed by atoms with Gasteiger partial charge in [-0.05, 0) is 25.3 Å². The zero-order chi connectivity index (χ0) is 11.5. The molecule has 0 spiro atoms. The molecule has 3 rings (SSSR count). The first-order valence-electron chi connectivity index (χ1n) is 6.51. The van der Waals surface area contributed by atoms with Crippen molar-refractivity contribution in [2.75, 3.05) is 31.1 Å². The number of hydrogen-bond acceptors (Lipinski definition) is 4. The van der Waals surface area contributed by atoms with Crippen molar-refractivity contribution in [1.29, 1.82) is 0 Å². The Labute approximate surface area is 102 Å². The highest BCUT2D eigenvalue weighted by Crippen LogP contribution is 2.32. The van der Waals surface area contributed by atoms with E-state index in [2.05, 4.69) is 21.3 Å². The zero-order valence-corrected chi connectivity index (χ0v) is 10.1. The molecule has 0 aliphatic carbocycles. The number of ether oxygens (including phenoxy) is 1. The van der Waals surface area contributed by atoms with Crippen molar-refractivity contribution in [2.24, 2.45) is 0 Å². The van der Waals surface area contributed by atoms with Gasteiger partial charge in [0.25, 0.3) is 0 Å². The van der Waals surface area contributed by atoms with E-state index in [1.54, 1.807) is 0 Å². The maximum absolute atomic E-state index is 5.87. The number of hydrogen-bond donors (Lipinski definition) is 1. The van der Waals surface area contributed by atoms with Crippen molar-refractivity contribution in [3.63, 3.8) is 0 Å². The summed E-state index contributed by atoms with van der Waals surface area (Å²) in [4.78, 5) is 6.90. The quantitative estimate of drug-likeness (QED) is 0.798. The van der Waals surface area contributed by atoms with Gasteiger partial charge in [-0.25, -0.2) is 4.98 Å². The Kier molecular flexibility index (Phi) is 3.14. The molecule has 0 aromatic carbocycles. The van der Waals surface area contributed by atoms with Crippen LogP contribution in [0.25, 0.3) is 0 Å². The number of nitrogens with zero attached hydrogens (tertiary/aromatic N) is 2. The van der Waals surface area contributed by atoms with E-state index in [0.717, 1.165) is 44.4 Å². The molecule has 3 heterocycles. The third kappa shape index (κ3) is 2.22. The lowest BCUT2D eigenvalue weighted by Gasteiger charge is -2.29. The Hall–Kier alpha value is -1.29. The number of rotatable bonds is 1. The minimum absolute atomic E-state index is 0.736. The van der Waals surface area contributed by atoms with Crippen molar-refractivity contribution in [3.05, 3.63) is 17.8 Å². The topological polar surface area (TPSA) is 37.4 Å². The third-order valence-electron chi connectivity index (χ3n) is 3.46. The Balaban J connectivity index is 1.92. The van der Waals surface area contributed by atoms with Crippen LogP contribution < -0.4 is 15.0 Å². The summed E-state index contributed by atoms with van der Waals surface area (Å²) in [7, 11) is 0. The van der Waals surface area contributed by atoms with Crippen LogP contribution in [0.3, 0.4) is 0 Å². The molecule has 1 aromatic rings. The molecule has 1 N–H and O–H groups in total. The lowest BCUT2D eigenvalue weighted by Crippen LogP contribution is -2.30. The largest absolute Gasteiger partial charge is 0.488 e. The van der Waals surface area contributed by atoms with E-state index in [-0.39, 0.29) is 0 Å². The number of nitrogens with one attached hydrogen (secondary N) is 1. The average Bonchev–Trinajstić information content (AvgIpc) is 2.64. The third-order valence-corrected chi connectivity index (χ3v) is 3.46. The van der Waals surface area contributed by atoms with E-state index >= 15 is 0 Å². The van der Waals surface area contributed by atoms with E-state index in [1.807, 2.05) is 6.20 Å². The second kappa shape index (κ2) is 4.92. The molecule has 1 fully saturated rings. The van der Waals surface area contributed by atoms with Gasteiger partial charge in [0.2, 0.25) is 0 Å². The minimum atomic E-state index is 0.736. The Bertz CT molecular complexity index is 388. The molecule has 17 heavy (non-hydrogen) atoms. The van der Waals surface area contributed by atoms with Crippen LogP contribution in [-0.2, 0) is 6.54 Å². The number of aromatic nitrogens is 1. The van der Waals surface area contributed by atoms with Gasteiger partial charge in [0, 0.05) is 37.9 Å². The predicted octanol–water partition coefficient (Wildman–Crippen LogP) is 1.55. The summed E-state index contributed by atoms with van der Waals surface area (Å²) in [5.41, 5.74) is 1.23. The van der Waals surface area contributed by atoms with Crippen molar-refractivity contribution in [3.8, 4) is 5.75 Å². The summed E-state index contributed by atoms with van der Waals surface area (Å²) in [5, 5.41) is 3.36. The first kappa shape index (κ1) is 10.8. The fraction of sp³-hybridized carbons (Fsp3) is 0.615. The molecule has 1 aromatic heterocycles. The molecule has 0 amide bonds. The van der Waals surface area contributed by atoms with E-state index in [0.29, 0.717) is 0 Å². The van der Waals surface area contributed by atoms with Crippen LogP contribution in [0, 0.1) is 0 Å². The molecule has 1 saturated heterocycles. The highest BCUT2D eigenvalue weighted by molar-refractivity contribution is 5.56. The second-order valence-electron chi connectivity index (χ2n) is 4.70. The van der Waals surface area contributed by atoms with Gasteiger partial charge >= 0.3 is 0 Å². The molecular formula is C13H19N3O. The van der Waals surface area contributed by atoms with Gasteiger partial charge in [-0.2, -0.15) is 0 Å². The zero-order valence-electron chi connectivity index (χ0n) is 10.1.